The van der Waals surface area contributed by atoms with Crippen molar-refractivity contribution < 1.29 is 4.74 Å². The van der Waals surface area contributed by atoms with Crippen molar-refractivity contribution in [2.75, 3.05) is 0 Å². The van der Waals surface area contributed by atoms with Crippen molar-refractivity contribution in [3.05, 3.63) is 39.3 Å². The summed E-state index contributed by atoms with van der Waals surface area (Å²) in [5.74, 6) is 0.758. The fourth-order valence-electron chi connectivity index (χ4n) is 1.11. The van der Waals surface area contributed by atoms with E-state index < -0.39 is 0 Å². The molecule has 0 aliphatic carbocycles. The first-order valence-corrected chi connectivity index (χ1v) is 5.87. The molecular formula is C10H10ClN3OS. The molecule has 6 heteroatoms. The summed E-state index contributed by atoms with van der Waals surface area (Å²) < 4.78 is 5.51. The van der Waals surface area contributed by atoms with Crippen molar-refractivity contribution in [3.8, 4) is 5.75 Å². The molecule has 1 heterocycles. The van der Waals surface area contributed by atoms with Crippen molar-refractivity contribution in [1.29, 1.82) is 0 Å². The van der Waals surface area contributed by atoms with Crippen LogP contribution in [0.15, 0.2) is 24.3 Å². The Labute approximate surface area is 102 Å². The molecule has 1 aromatic carbocycles. The first-order chi connectivity index (χ1) is 7.78. The smallest absolute Gasteiger partial charge is 0.155 e. The quantitative estimate of drug-likeness (QED) is 0.910. The predicted molar refractivity (Wildman–Crippen MR) is 63.6 cm³/mol. The monoisotopic (exact) mass is 255 g/mol. The number of hydrogen-bond donors (Lipinski definition) is 1. The van der Waals surface area contributed by atoms with E-state index in [9.17, 15) is 0 Å². The maximum atomic E-state index is 5.76. The first kappa shape index (κ1) is 11.3. The highest BCUT2D eigenvalue weighted by Crippen LogP contribution is 2.17. The van der Waals surface area contributed by atoms with Crippen LogP contribution in [0.5, 0.6) is 5.75 Å². The van der Waals surface area contributed by atoms with Crippen molar-refractivity contribution in [2.24, 2.45) is 5.73 Å². The number of halogens is 1. The Morgan fingerprint density at radius 2 is 1.88 bits per heavy atom. The predicted octanol–water partition coefficient (Wildman–Crippen LogP) is 2.23. The second-order valence-corrected chi connectivity index (χ2v) is 4.62. The van der Waals surface area contributed by atoms with E-state index in [1.807, 2.05) is 12.1 Å². The molecule has 4 nitrogen and oxygen atoms in total. The molecule has 0 bridgehead atoms. The molecule has 0 aliphatic rings. The van der Waals surface area contributed by atoms with Crippen molar-refractivity contribution >= 4 is 22.9 Å². The van der Waals surface area contributed by atoms with Gasteiger partial charge in [0.1, 0.15) is 17.4 Å². The van der Waals surface area contributed by atoms with Gasteiger partial charge in [-0.2, -0.15) is 0 Å². The largest absolute Gasteiger partial charge is 0.486 e. The summed E-state index contributed by atoms with van der Waals surface area (Å²) in [7, 11) is 0. The van der Waals surface area contributed by atoms with Crippen LogP contribution in [0.3, 0.4) is 0 Å². The molecule has 0 fully saturated rings. The minimum atomic E-state index is 0.402. The third kappa shape index (κ3) is 2.91. The minimum Gasteiger partial charge on any atom is -0.486 e. The second-order valence-electron chi connectivity index (χ2n) is 3.04. The van der Waals surface area contributed by atoms with Crippen LogP contribution < -0.4 is 10.5 Å². The summed E-state index contributed by atoms with van der Waals surface area (Å²) in [5, 5.41) is 10.2. The number of nitrogens with zero attached hydrogens (tertiary/aromatic N) is 2. The lowest BCUT2D eigenvalue weighted by atomic mass is 10.3. The molecule has 0 amide bonds. The van der Waals surface area contributed by atoms with Gasteiger partial charge in [0.05, 0.1) is 0 Å². The standard InChI is InChI=1S/C10H10ClN3OS/c11-7-1-3-8(4-2-7)15-6-10-14-13-9(5-12)16-10/h1-4H,5-6,12H2. The normalized spacial score (nSPS) is 10.4. The Morgan fingerprint density at radius 3 is 2.50 bits per heavy atom. The van der Waals surface area contributed by atoms with E-state index in [2.05, 4.69) is 10.2 Å². The molecule has 0 saturated heterocycles. The number of hydrogen-bond acceptors (Lipinski definition) is 5. The van der Waals surface area contributed by atoms with Crippen LogP contribution in [0, 0.1) is 0 Å². The van der Waals surface area contributed by atoms with Gasteiger partial charge in [0, 0.05) is 11.6 Å². The summed E-state index contributed by atoms with van der Waals surface area (Å²) in [6, 6.07) is 7.19. The molecule has 0 saturated carbocycles. The van der Waals surface area contributed by atoms with Gasteiger partial charge in [-0.15, -0.1) is 10.2 Å². The summed E-state index contributed by atoms with van der Waals surface area (Å²) >= 11 is 7.22. The van der Waals surface area contributed by atoms with Crippen LogP contribution in [0.2, 0.25) is 5.02 Å². The van der Waals surface area contributed by atoms with E-state index >= 15 is 0 Å². The molecule has 16 heavy (non-hydrogen) atoms. The van der Waals surface area contributed by atoms with Crippen molar-refractivity contribution in [2.45, 2.75) is 13.2 Å². The van der Waals surface area contributed by atoms with Gasteiger partial charge in [-0.25, -0.2) is 0 Å². The van der Waals surface area contributed by atoms with E-state index in [1.165, 1.54) is 11.3 Å². The highest BCUT2D eigenvalue weighted by atomic mass is 35.5. The van der Waals surface area contributed by atoms with E-state index in [1.54, 1.807) is 12.1 Å². The summed E-state index contributed by atoms with van der Waals surface area (Å²) in [4.78, 5) is 0. The van der Waals surface area contributed by atoms with Crippen LogP contribution in [0.1, 0.15) is 10.0 Å². The summed E-state index contributed by atoms with van der Waals surface area (Å²) in [6.07, 6.45) is 0. The zero-order chi connectivity index (χ0) is 11.4. The summed E-state index contributed by atoms with van der Waals surface area (Å²) in [6.45, 7) is 0.817. The van der Waals surface area contributed by atoms with Gasteiger partial charge >= 0.3 is 0 Å². The molecule has 0 atom stereocenters. The minimum absolute atomic E-state index is 0.402. The maximum absolute atomic E-state index is 5.76. The van der Waals surface area contributed by atoms with Crippen molar-refractivity contribution in [1.82, 2.24) is 10.2 Å². The topological polar surface area (TPSA) is 61.0 Å². The van der Waals surface area contributed by atoms with E-state index in [0.717, 1.165) is 15.8 Å². The van der Waals surface area contributed by atoms with Gasteiger partial charge in [0.15, 0.2) is 5.01 Å². The Morgan fingerprint density at radius 1 is 1.19 bits per heavy atom. The zero-order valence-electron chi connectivity index (χ0n) is 8.39. The lowest BCUT2D eigenvalue weighted by Crippen LogP contribution is -1.94. The van der Waals surface area contributed by atoms with Crippen LogP contribution in [0.25, 0.3) is 0 Å². The van der Waals surface area contributed by atoms with Crippen LogP contribution >= 0.6 is 22.9 Å². The fraction of sp³-hybridized carbons (Fsp3) is 0.200. The molecule has 2 aromatic rings. The third-order valence-corrected chi connectivity index (χ3v) is 3.03. The second kappa shape index (κ2) is 5.25. The van der Waals surface area contributed by atoms with Crippen molar-refractivity contribution in [3.63, 3.8) is 0 Å². The van der Waals surface area contributed by atoms with Crippen LogP contribution in [0.4, 0.5) is 0 Å². The van der Waals surface area contributed by atoms with Gasteiger partial charge < -0.3 is 10.5 Å². The third-order valence-electron chi connectivity index (χ3n) is 1.86. The molecule has 0 radical (unpaired) electrons. The fourth-order valence-corrected chi connectivity index (χ4v) is 1.87. The van der Waals surface area contributed by atoms with Crippen LogP contribution in [-0.4, -0.2) is 10.2 Å². The number of rotatable bonds is 4. The highest BCUT2D eigenvalue weighted by molar-refractivity contribution is 7.11. The number of nitrogens with two attached hydrogens (primary N) is 1. The Hall–Kier alpha value is -1.17. The Balaban J connectivity index is 1.94. The Bertz CT molecular complexity index is 457. The number of ether oxygens (including phenoxy) is 1. The van der Waals surface area contributed by atoms with E-state index in [4.69, 9.17) is 22.1 Å². The SMILES string of the molecule is NCc1nnc(COc2ccc(Cl)cc2)s1. The van der Waals surface area contributed by atoms with Crippen LogP contribution in [-0.2, 0) is 13.2 Å². The first-order valence-electron chi connectivity index (χ1n) is 4.67. The summed E-state index contributed by atoms with van der Waals surface area (Å²) in [5.41, 5.74) is 5.44. The average molecular weight is 256 g/mol. The molecule has 1 aromatic heterocycles. The van der Waals surface area contributed by atoms with Gasteiger partial charge in [0.2, 0.25) is 0 Å². The lowest BCUT2D eigenvalue weighted by molar-refractivity contribution is 0.304. The molecule has 0 spiro atoms. The van der Waals surface area contributed by atoms with Gasteiger partial charge in [-0.05, 0) is 24.3 Å². The van der Waals surface area contributed by atoms with Gasteiger partial charge in [0.25, 0.3) is 0 Å². The zero-order valence-corrected chi connectivity index (χ0v) is 9.96. The Kier molecular flexibility index (Phi) is 3.71. The molecule has 2 rings (SSSR count). The van der Waals surface area contributed by atoms with Gasteiger partial charge in [-0.1, -0.05) is 22.9 Å². The molecule has 0 unspecified atom stereocenters. The van der Waals surface area contributed by atoms with Gasteiger partial charge in [-0.3, -0.25) is 0 Å². The van der Waals surface area contributed by atoms with E-state index in [-0.39, 0.29) is 0 Å². The highest BCUT2D eigenvalue weighted by Gasteiger charge is 2.03. The maximum Gasteiger partial charge on any atom is 0.155 e. The van der Waals surface area contributed by atoms with E-state index in [0.29, 0.717) is 18.2 Å². The molecule has 2 N–H and O–H groups in total. The number of benzene rings is 1. The molecular weight excluding hydrogens is 246 g/mol. The molecule has 0 aliphatic heterocycles. The average Bonchev–Trinajstić information content (AvgIpc) is 2.76. The number of aromatic nitrogens is 2. The molecule has 84 valence electrons. The lowest BCUT2D eigenvalue weighted by Gasteiger charge is -2.02.